The monoisotopic (exact) mass is 317 g/mol. The second-order valence-electron chi connectivity index (χ2n) is 7.14. The van der Waals surface area contributed by atoms with E-state index in [1.807, 2.05) is 13.0 Å². The second-order valence-corrected chi connectivity index (χ2v) is 7.14. The van der Waals surface area contributed by atoms with Crippen molar-refractivity contribution >= 4 is 5.78 Å². The van der Waals surface area contributed by atoms with E-state index in [4.69, 9.17) is 4.74 Å². The Balaban J connectivity index is 1.99. The molecule has 1 heterocycles. The van der Waals surface area contributed by atoms with Crippen LogP contribution in [0.5, 0.6) is 11.5 Å². The lowest BCUT2D eigenvalue weighted by atomic mass is 9.81. The van der Waals surface area contributed by atoms with Gasteiger partial charge in [0.2, 0.25) is 0 Å². The number of carbonyl (C=O) groups excluding carboxylic acids is 1. The maximum absolute atomic E-state index is 12.3. The van der Waals surface area contributed by atoms with Crippen LogP contribution in [0.2, 0.25) is 0 Å². The van der Waals surface area contributed by atoms with Crippen molar-refractivity contribution in [2.45, 2.75) is 58.1 Å². The smallest absolute Gasteiger partial charge is 0.173 e. The summed E-state index contributed by atoms with van der Waals surface area (Å²) in [7, 11) is 2.17. The minimum atomic E-state index is -0.422. The molecule has 1 aromatic rings. The Kier molecular flexibility index (Phi) is 4.62. The van der Waals surface area contributed by atoms with Gasteiger partial charge in [-0.05, 0) is 70.7 Å². The minimum absolute atomic E-state index is 0.154. The van der Waals surface area contributed by atoms with E-state index in [-0.39, 0.29) is 11.5 Å². The van der Waals surface area contributed by atoms with Crippen molar-refractivity contribution in [3.05, 3.63) is 23.3 Å². The summed E-state index contributed by atoms with van der Waals surface area (Å²) in [5.41, 5.74) is 2.16. The highest BCUT2D eigenvalue weighted by molar-refractivity contribution is 5.84. The normalized spacial score (nSPS) is 29.3. The van der Waals surface area contributed by atoms with E-state index in [0.717, 1.165) is 43.4 Å². The van der Waals surface area contributed by atoms with Crippen LogP contribution in [-0.4, -0.2) is 41.5 Å². The van der Waals surface area contributed by atoms with Gasteiger partial charge in [-0.3, -0.25) is 4.79 Å². The van der Waals surface area contributed by atoms with Crippen LogP contribution in [0.1, 0.15) is 43.7 Å². The van der Waals surface area contributed by atoms with Gasteiger partial charge in [-0.1, -0.05) is 6.07 Å². The van der Waals surface area contributed by atoms with Gasteiger partial charge in [0.25, 0.3) is 0 Å². The predicted molar refractivity (Wildman–Crippen MR) is 90.0 cm³/mol. The summed E-state index contributed by atoms with van der Waals surface area (Å²) in [6, 6.07) is 4.05. The highest BCUT2D eigenvalue weighted by Crippen LogP contribution is 2.38. The molecule has 23 heavy (non-hydrogen) atoms. The van der Waals surface area contributed by atoms with Crippen molar-refractivity contribution in [3.63, 3.8) is 0 Å². The molecule has 4 heteroatoms. The summed E-state index contributed by atoms with van der Waals surface area (Å²) in [6.07, 6.45) is 3.73. The van der Waals surface area contributed by atoms with Gasteiger partial charge < -0.3 is 14.7 Å². The fraction of sp³-hybridized carbons (Fsp3) is 0.632. The molecule has 0 unspecified atom stereocenters. The van der Waals surface area contributed by atoms with Crippen molar-refractivity contribution in [3.8, 4) is 11.5 Å². The first-order valence-corrected chi connectivity index (χ1v) is 8.68. The molecular weight excluding hydrogens is 290 g/mol. The van der Waals surface area contributed by atoms with E-state index < -0.39 is 6.10 Å². The largest absolute Gasteiger partial charge is 0.504 e. The van der Waals surface area contributed by atoms with Crippen LogP contribution in [0.3, 0.4) is 0 Å². The molecule has 2 aliphatic rings. The number of Topliss-reactive ketones (excluding diaryl/α,β-unsaturated/α-hetero) is 1. The van der Waals surface area contributed by atoms with Crippen LogP contribution in [0.4, 0.5) is 0 Å². The number of hydrogen-bond acceptors (Lipinski definition) is 4. The highest BCUT2D eigenvalue weighted by atomic mass is 16.5. The quantitative estimate of drug-likeness (QED) is 0.799. The molecule has 2 bridgehead atoms. The maximum atomic E-state index is 12.3. The third kappa shape index (κ3) is 3.23. The van der Waals surface area contributed by atoms with Gasteiger partial charge in [-0.25, -0.2) is 0 Å². The zero-order valence-corrected chi connectivity index (χ0v) is 14.3. The lowest BCUT2D eigenvalue weighted by molar-refractivity contribution is -0.129. The molecule has 0 spiro atoms. The summed E-state index contributed by atoms with van der Waals surface area (Å²) in [5, 5.41) is 10.3. The summed E-state index contributed by atoms with van der Waals surface area (Å²) in [6.45, 7) is 5.31. The lowest BCUT2D eigenvalue weighted by Crippen LogP contribution is -2.43. The molecule has 1 aliphatic heterocycles. The summed E-state index contributed by atoms with van der Waals surface area (Å²) >= 11 is 0. The summed E-state index contributed by atoms with van der Waals surface area (Å²) in [5.74, 6) is 1.32. The number of fused-ring (bicyclic) bond motifs is 3. The van der Waals surface area contributed by atoms with Crippen molar-refractivity contribution in [2.24, 2.45) is 5.92 Å². The van der Waals surface area contributed by atoms with Crippen LogP contribution >= 0.6 is 0 Å². The van der Waals surface area contributed by atoms with E-state index in [0.29, 0.717) is 24.1 Å². The average Bonchev–Trinajstić information content (AvgIpc) is 2.55. The first kappa shape index (κ1) is 16.3. The fourth-order valence-corrected chi connectivity index (χ4v) is 3.93. The Labute approximate surface area is 138 Å². The molecule has 0 radical (unpaired) electrons. The number of benzene rings is 1. The number of nitrogens with zero attached hydrogens (tertiary/aromatic N) is 1. The van der Waals surface area contributed by atoms with E-state index in [1.165, 1.54) is 0 Å². The maximum Gasteiger partial charge on any atom is 0.173 e. The van der Waals surface area contributed by atoms with Gasteiger partial charge in [0.05, 0.1) is 0 Å². The number of aromatic hydroxyl groups is 1. The Morgan fingerprint density at radius 3 is 2.87 bits per heavy atom. The highest BCUT2D eigenvalue weighted by Gasteiger charge is 2.35. The van der Waals surface area contributed by atoms with Gasteiger partial charge in [0.1, 0.15) is 0 Å². The van der Waals surface area contributed by atoms with Crippen LogP contribution in [-0.2, 0) is 11.2 Å². The standard InChI is InChI=1S/C19H27NO3/c1-12-6-8-17(22)19-15(12)5-4-10-20(3)13(2)14-7-9-16(21)18(11-14)23-19/h6,8,13-14,18,22H,4-5,7,9-11H2,1-3H3/t13-,14-,18-/m1/s1. The van der Waals surface area contributed by atoms with Gasteiger partial charge in [-0.15, -0.1) is 0 Å². The van der Waals surface area contributed by atoms with E-state index in [1.54, 1.807) is 6.07 Å². The number of carbonyl (C=O) groups is 1. The van der Waals surface area contributed by atoms with E-state index in [2.05, 4.69) is 18.9 Å². The summed E-state index contributed by atoms with van der Waals surface area (Å²) < 4.78 is 6.09. The van der Waals surface area contributed by atoms with Crippen LogP contribution in [0.25, 0.3) is 0 Å². The number of aryl methyl sites for hydroxylation is 1. The molecule has 1 aliphatic carbocycles. The molecular formula is C19H27NO3. The molecule has 3 atom stereocenters. The molecule has 1 N–H and O–H groups in total. The number of phenols is 1. The molecule has 4 nitrogen and oxygen atoms in total. The Bertz CT molecular complexity index is 599. The molecule has 1 saturated carbocycles. The zero-order valence-electron chi connectivity index (χ0n) is 14.3. The Morgan fingerprint density at radius 2 is 2.09 bits per heavy atom. The third-order valence-corrected chi connectivity index (χ3v) is 5.69. The molecule has 0 amide bonds. The summed E-state index contributed by atoms with van der Waals surface area (Å²) in [4.78, 5) is 14.7. The number of hydrogen-bond donors (Lipinski definition) is 1. The predicted octanol–water partition coefficient (Wildman–Crippen LogP) is 3.08. The molecule has 1 aromatic carbocycles. The lowest BCUT2D eigenvalue weighted by Gasteiger charge is -2.36. The Hall–Kier alpha value is -1.55. The van der Waals surface area contributed by atoms with Crippen molar-refractivity contribution in [1.82, 2.24) is 4.90 Å². The van der Waals surface area contributed by atoms with E-state index >= 15 is 0 Å². The molecule has 0 aromatic heterocycles. The molecule has 126 valence electrons. The van der Waals surface area contributed by atoms with Gasteiger partial charge in [0, 0.05) is 18.0 Å². The van der Waals surface area contributed by atoms with Gasteiger partial charge in [0.15, 0.2) is 23.4 Å². The Morgan fingerprint density at radius 1 is 1.30 bits per heavy atom. The zero-order chi connectivity index (χ0) is 16.6. The first-order chi connectivity index (χ1) is 11.0. The molecule has 0 saturated heterocycles. The first-order valence-electron chi connectivity index (χ1n) is 8.68. The molecule has 3 rings (SSSR count). The van der Waals surface area contributed by atoms with Crippen LogP contribution in [0.15, 0.2) is 12.1 Å². The van der Waals surface area contributed by atoms with Gasteiger partial charge >= 0.3 is 0 Å². The SMILES string of the molecule is Cc1ccc(O)c2c1CCCN(C)[C@H](C)[C@@H]1CCC(=O)[C@@H](C1)O2. The van der Waals surface area contributed by atoms with Crippen LogP contribution in [0, 0.1) is 12.8 Å². The number of rotatable bonds is 0. The minimum Gasteiger partial charge on any atom is -0.504 e. The number of ether oxygens (including phenoxy) is 1. The molecule has 1 fully saturated rings. The van der Waals surface area contributed by atoms with Crippen molar-refractivity contribution in [1.29, 1.82) is 0 Å². The van der Waals surface area contributed by atoms with Gasteiger partial charge in [-0.2, -0.15) is 0 Å². The van der Waals surface area contributed by atoms with E-state index in [9.17, 15) is 9.90 Å². The van der Waals surface area contributed by atoms with Crippen molar-refractivity contribution < 1.29 is 14.6 Å². The topological polar surface area (TPSA) is 49.8 Å². The number of phenolic OH excluding ortho intramolecular Hbond substituents is 1. The van der Waals surface area contributed by atoms with Crippen molar-refractivity contribution in [2.75, 3.05) is 13.6 Å². The third-order valence-electron chi connectivity index (χ3n) is 5.69. The fourth-order valence-electron chi connectivity index (χ4n) is 3.93. The second kappa shape index (κ2) is 6.52. The number of ketones is 1. The average molecular weight is 317 g/mol. The van der Waals surface area contributed by atoms with Crippen LogP contribution < -0.4 is 4.74 Å².